The van der Waals surface area contributed by atoms with Gasteiger partial charge in [0.1, 0.15) is 17.2 Å². The molecule has 0 aliphatic heterocycles. The van der Waals surface area contributed by atoms with E-state index in [4.69, 9.17) is 9.47 Å². The van der Waals surface area contributed by atoms with Gasteiger partial charge in [-0.2, -0.15) is 0 Å². The molecule has 0 aliphatic carbocycles. The van der Waals surface area contributed by atoms with E-state index >= 15 is 0 Å². The molecule has 6 rings (SSSR count). The van der Waals surface area contributed by atoms with Gasteiger partial charge >= 0.3 is 11.9 Å². The normalized spacial score (nSPS) is 11.8. The molecule has 0 atom stereocenters. The number of benzene rings is 6. The predicted molar refractivity (Wildman–Crippen MR) is 187 cm³/mol. The van der Waals surface area contributed by atoms with E-state index in [2.05, 4.69) is 0 Å². The van der Waals surface area contributed by atoms with Gasteiger partial charge in [-0.05, 0) is 156 Å². The summed E-state index contributed by atoms with van der Waals surface area (Å²) in [5.74, 6) is 0.531. The number of carbonyl (C=O) groups excluding carboxylic acids is 2. The molecule has 0 saturated heterocycles. The van der Waals surface area contributed by atoms with E-state index in [1.807, 2.05) is 96.1 Å². The third kappa shape index (κ3) is 7.25. The highest BCUT2D eigenvalue weighted by molar-refractivity contribution is 6.01. The number of hydrogen-bond donors (Lipinski definition) is 3. The van der Waals surface area contributed by atoms with Crippen LogP contribution in [0.2, 0.25) is 0 Å². The van der Waals surface area contributed by atoms with Crippen molar-refractivity contribution in [1.29, 1.82) is 0 Å². The van der Waals surface area contributed by atoms with Crippen molar-refractivity contribution in [3.8, 4) is 28.7 Å². The quantitative estimate of drug-likeness (QED) is 0.0725. The van der Waals surface area contributed by atoms with Crippen LogP contribution in [0.4, 0.5) is 0 Å². The molecule has 0 saturated carbocycles. The topological polar surface area (TPSA) is 113 Å². The third-order valence-corrected chi connectivity index (χ3v) is 8.91. The lowest BCUT2D eigenvalue weighted by Gasteiger charge is -2.20. The Hall–Kier alpha value is -5.30. The van der Waals surface area contributed by atoms with Crippen LogP contribution < -0.4 is 9.47 Å². The summed E-state index contributed by atoms with van der Waals surface area (Å²) in [6.07, 6.45) is 1.43. The van der Waals surface area contributed by atoms with Crippen LogP contribution in [-0.4, -0.2) is 27.3 Å². The number of rotatable bonds is 6. The first-order valence-corrected chi connectivity index (χ1v) is 15.7. The van der Waals surface area contributed by atoms with Gasteiger partial charge in [0.25, 0.3) is 0 Å². The van der Waals surface area contributed by atoms with Crippen molar-refractivity contribution < 1.29 is 34.4 Å². The number of carbonyl (C=O) groups is 2. The van der Waals surface area contributed by atoms with Crippen molar-refractivity contribution in [2.45, 2.75) is 54.4 Å². The second-order valence-electron chi connectivity index (χ2n) is 13.2. The van der Waals surface area contributed by atoms with Gasteiger partial charge in [0.2, 0.25) is 0 Å². The van der Waals surface area contributed by atoms with Crippen LogP contribution >= 0.6 is 0 Å². The van der Waals surface area contributed by atoms with Gasteiger partial charge in [0.05, 0.1) is 10.8 Å². The van der Waals surface area contributed by atoms with Crippen LogP contribution in [0, 0.1) is 10.8 Å². The first kappa shape index (κ1) is 33.1. The Morgan fingerprint density at radius 2 is 0.830 bits per heavy atom. The molecular formula is C40H40O7. The van der Waals surface area contributed by atoms with Crippen LogP contribution in [-0.2, 0) is 9.59 Å². The molecule has 0 amide bonds. The van der Waals surface area contributed by atoms with E-state index in [9.17, 15) is 24.9 Å². The van der Waals surface area contributed by atoms with Gasteiger partial charge in [-0.1, -0.05) is 32.0 Å². The first-order valence-electron chi connectivity index (χ1n) is 15.7. The van der Waals surface area contributed by atoms with Gasteiger partial charge in [-0.15, -0.1) is 0 Å². The number of phenols is 3. The molecule has 0 aliphatic rings. The van der Waals surface area contributed by atoms with Crippen LogP contribution in [0.5, 0.6) is 28.7 Å². The summed E-state index contributed by atoms with van der Waals surface area (Å²) in [5.41, 5.74) is -1.02. The highest BCUT2D eigenvalue weighted by Gasteiger charge is 2.28. The Kier molecular flexibility index (Phi) is 9.03. The summed E-state index contributed by atoms with van der Waals surface area (Å²) in [7, 11) is 0. The molecule has 7 heteroatoms. The summed E-state index contributed by atoms with van der Waals surface area (Å²) in [5, 5.41) is 36.4. The van der Waals surface area contributed by atoms with E-state index in [0.29, 0.717) is 17.9 Å². The van der Waals surface area contributed by atoms with Crippen LogP contribution in [0.15, 0.2) is 91.0 Å². The molecule has 242 valence electrons. The molecule has 47 heavy (non-hydrogen) atoms. The minimum atomic E-state index is -0.526. The van der Waals surface area contributed by atoms with Gasteiger partial charge in [0.15, 0.2) is 11.5 Å². The fourth-order valence-corrected chi connectivity index (χ4v) is 4.87. The maximum Gasteiger partial charge on any atom is 0.316 e. The van der Waals surface area contributed by atoms with Crippen molar-refractivity contribution in [2.24, 2.45) is 10.8 Å². The highest BCUT2D eigenvalue weighted by Crippen LogP contribution is 2.34. The predicted octanol–water partition coefficient (Wildman–Crippen LogP) is 9.79. The molecule has 0 radical (unpaired) electrons. The second kappa shape index (κ2) is 12.8. The second-order valence-corrected chi connectivity index (χ2v) is 13.2. The smallest absolute Gasteiger partial charge is 0.316 e. The zero-order chi connectivity index (χ0) is 34.1. The molecule has 0 bridgehead atoms. The maximum absolute atomic E-state index is 12.2. The van der Waals surface area contributed by atoms with Crippen molar-refractivity contribution in [1.82, 2.24) is 0 Å². The Balaban J connectivity index is 0.000000185. The fourth-order valence-electron chi connectivity index (χ4n) is 4.87. The largest absolute Gasteiger partial charge is 0.508 e. The van der Waals surface area contributed by atoms with Crippen LogP contribution in [0.25, 0.3) is 43.1 Å². The number of ether oxygens (including phenoxy) is 2. The monoisotopic (exact) mass is 632 g/mol. The minimum Gasteiger partial charge on any atom is -0.508 e. The van der Waals surface area contributed by atoms with E-state index in [-0.39, 0.29) is 29.2 Å². The zero-order valence-electron chi connectivity index (χ0n) is 27.5. The molecule has 0 aromatic heterocycles. The summed E-state index contributed by atoms with van der Waals surface area (Å²) in [6.45, 7) is 11.4. The molecule has 0 spiro atoms. The SMILES string of the molecule is CCC(C)(C)C(=O)Oc1ccc2cc3cc(O)c(O)cc3cc2c1.CCC(C)(C)C(=O)Oc1ccc2cc3cc(O)ccc3cc2c1. The minimum absolute atomic E-state index is 0.144. The molecule has 0 unspecified atom stereocenters. The summed E-state index contributed by atoms with van der Waals surface area (Å²) < 4.78 is 11.0. The number of esters is 2. The van der Waals surface area contributed by atoms with Crippen molar-refractivity contribution >= 4 is 55.0 Å². The van der Waals surface area contributed by atoms with Gasteiger partial charge < -0.3 is 24.8 Å². The number of phenolic OH excluding ortho intramolecular Hbond substituents is 3. The molecular weight excluding hydrogens is 592 g/mol. The zero-order valence-corrected chi connectivity index (χ0v) is 27.5. The standard InChI is InChI=1S/C20H20O4.C20H20O3/c1-4-20(2,3)19(23)24-16-6-5-12-7-14-10-17(21)18(22)11-15(14)8-13(12)9-16;1-4-20(2,3)19(22)23-18-8-6-14-9-15-11-17(21)7-5-13(15)10-16(14)12-18/h5-11,21-22H,4H2,1-3H3;5-12,21H,4H2,1-3H3. The Morgan fingerprint density at radius 1 is 0.489 bits per heavy atom. The number of hydrogen-bond acceptors (Lipinski definition) is 7. The summed E-state index contributed by atoms with van der Waals surface area (Å²) >= 11 is 0. The van der Waals surface area contributed by atoms with E-state index < -0.39 is 10.8 Å². The molecule has 3 N–H and O–H groups in total. The summed E-state index contributed by atoms with van der Waals surface area (Å²) in [4.78, 5) is 24.4. The average Bonchev–Trinajstić information content (AvgIpc) is 3.03. The number of fused-ring (bicyclic) bond motifs is 4. The Labute approximate surface area is 274 Å². The lowest BCUT2D eigenvalue weighted by Crippen LogP contribution is -2.28. The van der Waals surface area contributed by atoms with Crippen LogP contribution in [0.3, 0.4) is 0 Å². The summed E-state index contributed by atoms with van der Waals surface area (Å²) in [6, 6.07) is 27.3. The lowest BCUT2D eigenvalue weighted by atomic mass is 9.91. The van der Waals surface area contributed by atoms with Crippen molar-refractivity contribution in [3.63, 3.8) is 0 Å². The molecule has 6 aromatic rings. The fraction of sp³-hybridized carbons (Fsp3) is 0.250. The Morgan fingerprint density at radius 3 is 1.23 bits per heavy atom. The van der Waals surface area contributed by atoms with E-state index in [1.165, 1.54) is 12.1 Å². The van der Waals surface area contributed by atoms with Gasteiger partial charge in [-0.25, -0.2) is 0 Å². The number of aromatic hydroxyl groups is 3. The lowest BCUT2D eigenvalue weighted by molar-refractivity contribution is -0.144. The van der Waals surface area contributed by atoms with E-state index in [1.54, 1.807) is 24.3 Å². The van der Waals surface area contributed by atoms with E-state index in [0.717, 1.165) is 49.5 Å². The van der Waals surface area contributed by atoms with Crippen LogP contribution in [0.1, 0.15) is 54.4 Å². The molecule has 7 nitrogen and oxygen atoms in total. The first-order chi connectivity index (χ1) is 22.2. The van der Waals surface area contributed by atoms with Gasteiger partial charge in [0, 0.05) is 0 Å². The van der Waals surface area contributed by atoms with Crippen molar-refractivity contribution in [2.75, 3.05) is 0 Å². The maximum atomic E-state index is 12.2. The molecule has 0 fully saturated rings. The molecule has 6 aromatic carbocycles. The average molecular weight is 633 g/mol. The van der Waals surface area contributed by atoms with Crippen molar-refractivity contribution in [3.05, 3.63) is 91.0 Å². The molecule has 0 heterocycles. The highest BCUT2D eigenvalue weighted by atomic mass is 16.5. The van der Waals surface area contributed by atoms with Gasteiger partial charge in [-0.3, -0.25) is 9.59 Å². The Bertz CT molecular complexity index is 2140. The third-order valence-electron chi connectivity index (χ3n) is 8.91.